The highest BCUT2D eigenvalue weighted by molar-refractivity contribution is 6.17. The number of rotatable bonds is 4. The minimum Gasteiger partial charge on any atom is -0.454 e. The third-order valence-electron chi connectivity index (χ3n) is 16.7. The lowest BCUT2D eigenvalue weighted by molar-refractivity contribution is 0.442. The van der Waals surface area contributed by atoms with Crippen LogP contribution in [0.3, 0.4) is 0 Å². The lowest BCUT2D eigenvalue weighted by atomic mass is 9.62. The third kappa shape index (κ3) is 4.98. The maximum atomic E-state index is 7.36. The Bertz CT molecular complexity index is 3970. The van der Waals surface area contributed by atoms with Gasteiger partial charge in [0, 0.05) is 32.6 Å². The van der Waals surface area contributed by atoms with E-state index in [1.165, 1.54) is 131 Å². The first kappa shape index (κ1) is 38.5. The molecule has 1 aliphatic heterocycles. The SMILES string of the molecule is Cc1ccc(N(c2cc3c(c4ccccc24)C2=C(CC(C)c4ccccc42)C32c3ccccc3-n3c4ccccc4c4cccc2c43)c2cccc3c2oc2c(C4CCCCC4)cccc23)cc1. The predicted octanol–water partition coefficient (Wildman–Crippen LogP) is 17.6. The summed E-state index contributed by atoms with van der Waals surface area (Å²) in [6.45, 7) is 4.63. The zero-order valence-electron chi connectivity index (χ0n) is 38.5. The van der Waals surface area contributed by atoms with Gasteiger partial charge in [-0.1, -0.05) is 177 Å². The van der Waals surface area contributed by atoms with Crippen molar-refractivity contribution in [3.63, 3.8) is 0 Å². The number of para-hydroxylation sites is 5. The molecule has 3 heteroatoms. The molecule has 1 spiro atoms. The second-order valence-corrected chi connectivity index (χ2v) is 20.2. The molecule has 0 N–H and O–H groups in total. The molecule has 0 radical (unpaired) electrons. The van der Waals surface area contributed by atoms with Crippen LogP contribution in [0.5, 0.6) is 0 Å². The van der Waals surface area contributed by atoms with E-state index in [9.17, 15) is 0 Å². The van der Waals surface area contributed by atoms with Crippen LogP contribution in [0.1, 0.15) is 102 Å². The Labute approximate surface area is 396 Å². The van der Waals surface area contributed by atoms with Gasteiger partial charge in [-0.15, -0.1) is 0 Å². The first-order valence-electron chi connectivity index (χ1n) is 24.9. The number of anilines is 3. The molecule has 9 aromatic carbocycles. The zero-order valence-corrected chi connectivity index (χ0v) is 38.5. The van der Waals surface area contributed by atoms with E-state index in [0.29, 0.717) is 11.8 Å². The van der Waals surface area contributed by atoms with Gasteiger partial charge in [0.15, 0.2) is 5.58 Å². The fraction of sp³-hybridized carbons (Fsp3) is 0.169. The Morgan fingerprint density at radius 3 is 2.07 bits per heavy atom. The van der Waals surface area contributed by atoms with E-state index in [0.717, 1.165) is 40.0 Å². The first-order chi connectivity index (χ1) is 33.6. The molecule has 2 unspecified atom stereocenters. The second kappa shape index (κ2) is 14.2. The molecule has 3 heterocycles. The normalized spacial score (nSPS) is 18.5. The Kier molecular flexibility index (Phi) is 8.04. The van der Waals surface area contributed by atoms with Gasteiger partial charge in [-0.25, -0.2) is 0 Å². The summed E-state index contributed by atoms with van der Waals surface area (Å²) in [7, 11) is 0. The van der Waals surface area contributed by atoms with Crippen LogP contribution >= 0.6 is 0 Å². The molecule has 2 aromatic heterocycles. The van der Waals surface area contributed by atoms with Crippen LogP contribution in [0.4, 0.5) is 17.1 Å². The molecule has 326 valence electrons. The molecule has 1 fully saturated rings. The number of benzene rings is 9. The van der Waals surface area contributed by atoms with Crippen molar-refractivity contribution in [2.24, 2.45) is 0 Å². The van der Waals surface area contributed by atoms with Gasteiger partial charge in [-0.3, -0.25) is 0 Å². The summed E-state index contributed by atoms with van der Waals surface area (Å²) < 4.78 is 9.93. The lowest BCUT2D eigenvalue weighted by Crippen LogP contribution is -2.35. The molecule has 3 aliphatic carbocycles. The van der Waals surface area contributed by atoms with E-state index in [4.69, 9.17) is 4.42 Å². The number of aromatic nitrogens is 1. The van der Waals surface area contributed by atoms with Gasteiger partial charge in [0.25, 0.3) is 0 Å². The van der Waals surface area contributed by atoms with Gasteiger partial charge >= 0.3 is 0 Å². The summed E-state index contributed by atoms with van der Waals surface area (Å²) in [5, 5.41) is 7.47. The van der Waals surface area contributed by atoms with E-state index in [-0.39, 0.29) is 0 Å². The van der Waals surface area contributed by atoms with Gasteiger partial charge in [0.1, 0.15) is 5.58 Å². The van der Waals surface area contributed by atoms with Crippen LogP contribution < -0.4 is 4.90 Å². The van der Waals surface area contributed by atoms with E-state index in [1.54, 1.807) is 0 Å². The quantitative estimate of drug-likeness (QED) is 0.176. The predicted molar refractivity (Wildman–Crippen MR) is 283 cm³/mol. The Morgan fingerprint density at radius 2 is 1.21 bits per heavy atom. The summed E-state index contributed by atoms with van der Waals surface area (Å²) in [5.74, 6) is 0.865. The fourth-order valence-corrected chi connectivity index (χ4v) is 13.9. The van der Waals surface area contributed by atoms with Crippen molar-refractivity contribution in [1.29, 1.82) is 0 Å². The standard InChI is InChI=1S/C65H50N2O/c1-39-33-35-42(36-34-39)66(58-32-16-27-51-50-26-14-24-44(63(50)68-64(51)58)41-17-4-3-5-18-41)59-38-55-61(48-23-9-7-20-45(48)59)60-47-22-8-6-19-43(47)40(2)37-54(60)65(55)52-28-11-13-31-57(52)67-56-30-12-10-21-46(56)49-25-15-29-53(65)62(49)67/h6-16,19-36,38,40-41H,3-5,17-18,37H2,1-2H3. The van der Waals surface area contributed by atoms with Crippen LogP contribution in [-0.4, -0.2) is 4.57 Å². The summed E-state index contributed by atoms with van der Waals surface area (Å²) >= 11 is 0. The van der Waals surface area contributed by atoms with Crippen molar-refractivity contribution < 1.29 is 4.42 Å². The average molecular weight is 875 g/mol. The molecule has 4 aliphatic rings. The van der Waals surface area contributed by atoms with E-state index in [2.05, 4.69) is 205 Å². The molecule has 0 bridgehead atoms. The summed E-state index contributed by atoms with van der Waals surface area (Å²) in [4.78, 5) is 2.53. The summed E-state index contributed by atoms with van der Waals surface area (Å²) in [6.07, 6.45) is 7.29. The van der Waals surface area contributed by atoms with Crippen LogP contribution in [0, 0.1) is 6.92 Å². The molecule has 68 heavy (non-hydrogen) atoms. The highest BCUT2D eigenvalue weighted by atomic mass is 16.3. The molecule has 2 atom stereocenters. The fourth-order valence-electron chi connectivity index (χ4n) is 13.9. The number of aryl methyl sites for hydroxylation is 1. The highest BCUT2D eigenvalue weighted by Gasteiger charge is 2.54. The van der Waals surface area contributed by atoms with E-state index >= 15 is 0 Å². The Balaban J connectivity index is 1.10. The number of hydrogen-bond donors (Lipinski definition) is 0. The van der Waals surface area contributed by atoms with E-state index < -0.39 is 5.41 Å². The van der Waals surface area contributed by atoms with Crippen molar-refractivity contribution in [2.45, 2.75) is 69.6 Å². The zero-order chi connectivity index (χ0) is 44.8. The smallest absolute Gasteiger partial charge is 0.159 e. The van der Waals surface area contributed by atoms with Gasteiger partial charge in [0.2, 0.25) is 0 Å². The number of fused-ring (bicyclic) bond motifs is 18. The van der Waals surface area contributed by atoms with Gasteiger partial charge < -0.3 is 13.9 Å². The summed E-state index contributed by atoms with van der Waals surface area (Å²) in [6, 6.07) is 69.4. The average Bonchev–Trinajstić information content (AvgIpc) is 4.04. The second-order valence-electron chi connectivity index (χ2n) is 20.2. The van der Waals surface area contributed by atoms with Crippen LogP contribution in [-0.2, 0) is 5.41 Å². The molecule has 0 saturated heterocycles. The topological polar surface area (TPSA) is 21.3 Å². The van der Waals surface area contributed by atoms with Crippen LogP contribution in [0.15, 0.2) is 192 Å². The number of allylic oxidation sites excluding steroid dienone is 1. The maximum Gasteiger partial charge on any atom is 0.159 e. The molecule has 0 amide bonds. The number of nitrogens with zero attached hydrogens (tertiary/aromatic N) is 2. The Hall–Kier alpha value is -7.62. The first-order valence-corrected chi connectivity index (χ1v) is 24.9. The molecule has 11 aromatic rings. The largest absolute Gasteiger partial charge is 0.454 e. The molecule has 3 nitrogen and oxygen atoms in total. The molecular formula is C65H50N2O. The van der Waals surface area contributed by atoms with Gasteiger partial charge in [-0.05, 0) is 130 Å². The van der Waals surface area contributed by atoms with Crippen molar-refractivity contribution in [2.75, 3.05) is 4.90 Å². The molecule has 1 saturated carbocycles. The molecular weight excluding hydrogens is 825 g/mol. The monoisotopic (exact) mass is 874 g/mol. The lowest BCUT2D eigenvalue weighted by Gasteiger charge is -2.43. The highest BCUT2D eigenvalue weighted by Crippen LogP contribution is 2.66. The van der Waals surface area contributed by atoms with Gasteiger partial charge in [-0.2, -0.15) is 0 Å². The van der Waals surface area contributed by atoms with Crippen LogP contribution in [0.2, 0.25) is 0 Å². The number of hydrogen-bond acceptors (Lipinski definition) is 2. The van der Waals surface area contributed by atoms with Gasteiger partial charge in [0.05, 0.1) is 33.5 Å². The Morgan fingerprint density at radius 1 is 0.544 bits per heavy atom. The molecule has 15 rings (SSSR count). The maximum absolute atomic E-state index is 7.36. The van der Waals surface area contributed by atoms with Crippen molar-refractivity contribution >= 4 is 77.2 Å². The van der Waals surface area contributed by atoms with E-state index in [1.807, 2.05) is 0 Å². The van der Waals surface area contributed by atoms with Crippen molar-refractivity contribution in [3.05, 3.63) is 232 Å². The third-order valence-corrected chi connectivity index (χ3v) is 16.7. The minimum atomic E-state index is -0.578. The summed E-state index contributed by atoms with van der Waals surface area (Å²) in [5.41, 5.74) is 22.3. The van der Waals surface area contributed by atoms with Crippen LogP contribution in [0.25, 0.3) is 65.8 Å². The van der Waals surface area contributed by atoms with Crippen molar-refractivity contribution in [3.8, 4) is 5.69 Å². The number of furan rings is 1. The minimum absolute atomic E-state index is 0.342. The van der Waals surface area contributed by atoms with Crippen molar-refractivity contribution in [1.82, 2.24) is 4.57 Å².